The molecule has 3 aliphatic rings. The molecular formula is C24H27Cl2N5O. The average Bonchev–Trinajstić information content (AvgIpc) is 3.15. The number of benzene rings is 2. The van der Waals surface area contributed by atoms with Crippen molar-refractivity contribution in [3.8, 4) is 5.75 Å². The second kappa shape index (κ2) is 9.30. The molecule has 1 atom stereocenters. The maximum Gasteiger partial charge on any atom is 0.135 e. The predicted molar refractivity (Wildman–Crippen MR) is 130 cm³/mol. The number of likely N-dealkylation sites (tertiary alicyclic amines) is 1. The van der Waals surface area contributed by atoms with Crippen LogP contribution in [0, 0.1) is 0 Å². The van der Waals surface area contributed by atoms with Gasteiger partial charge in [0.2, 0.25) is 0 Å². The van der Waals surface area contributed by atoms with Gasteiger partial charge in [-0.1, -0.05) is 35.3 Å². The molecule has 2 N–H and O–H groups in total. The van der Waals surface area contributed by atoms with Crippen LogP contribution >= 0.6 is 23.2 Å². The Bertz CT molecular complexity index is 1030. The van der Waals surface area contributed by atoms with Crippen LogP contribution in [0.15, 0.2) is 52.7 Å². The van der Waals surface area contributed by atoms with Crippen LogP contribution in [0.2, 0.25) is 10.0 Å². The molecule has 0 radical (unpaired) electrons. The molecule has 0 aliphatic carbocycles. The largest absolute Gasteiger partial charge is 0.492 e. The van der Waals surface area contributed by atoms with Crippen molar-refractivity contribution < 1.29 is 4.74 Å². The van der Waals surface area contributed by atoms with E-state index in [-0.39, 0.29) is 6.04 Å². The van der Waals surface area contributed by atoms with Crippen molar-refractivity contribution in [2.24, 2.45) is 15.9 Å². The lowest BCUT2D eigenvalue weighted by molar-refractivity contribution is 0.0670. The zero-order valence-electron chi connectivity index (χ0n) is 17.9. The topological polar surface area (TPSA) is 66.5 Å². The SMILES string of the molecule is NC1=NN=C(N2CCC(N3Cc4cc(Cl)ccc4OCC3Cc3ccc(Cl)cc3)CC2)C1. The summed E-state index contributed by atoms with van der Waals surface area (Å²) in [5.41, 5.74) is 8.24. The van der Waals surface area contributed by atoms with Crippen LogP contribution in [-0.4, -0.2) is 53.3 Å². The molecule has 3 heterocycles. The van der Waals surface area contributed by atoms with Gasteiger partial charge in [-0.2, -0.15) is 0 Å². The first-order chi connectivity index (χ1) is 15.5. The third kappa shape index (κ3) is 4.72. The highest BCUT2D eigenvalue weighted by Gasteiger charge is 2.34. The highest BCUT2D eigenvalue weighted by molar-refractivity contribution is 6.30. The number of ether oxygens (including phenoxy) is 1. The van der Waals surface area contributed by atoms with Crippen LogP contribution in [0.5, 0.6) is 5.75 Å². The lowest BCUT2D eigenvalue weighted by Gasteiger charge is -2.42. The summed E-state index contributed by atoms with van der Waals surface area (Å²) in [4.78, 5) is 4.95. The van der Waals surface area contributed by atoms with Gasteiger partial charge < -0.3 is 15.4 Å². The number of rotatable bonds is 3. The minimum Gasteiger partial charge on any atom is -0.492 e. The minimum absolute atomic E-state index is 0.265. The van der Waals surface area contributed by atoms with Gasteiger partial charge >= 0.3 is 0 Å². The van der Waals surface area contributed by atoms with Crippen LogP contribution in [0.3, 0.4) is 0 Å². The molecular weight excluding hydrogens is 445 g/mol. The van der Waals surface area contributed by atoms with Crippen LogP contribution in [0.1, 0.15) is 30.4 Å². The maximum atomic E-state index is 6.32. The Kier molecular flexibility index (Phi) is 6.26. The summed E-state index contributed by atoms with van der Waals surface area (Å²) in [6.45, 7) is 3.39. The van der Waals surface area contributed by atoms with E-state index >= 15 is 0 Å². The summed E-state index contributed by atoms with van der Waals surface area (Å²) < 4.78 is 6.26. The predicted octanol–water partition coefficient (Wildman–Crippen LogP) is 4.34. The fraction of sp³-hybridized carbons (Fsp3) is 0.417. The summed E-state index contributed by atoms with van der Waals surface area (Å²) in [7, 11) is 0. The lowest BCUT2D eigenvalue weighted by Crippen LogP contribution is -2.51. The van der Waals surface area contributed by atoms with Crippen molar-refractivity contribution in [1.82, 2.24) is 9.80 Å². The summed E-state index contributed by atoms with van der Waals surface area (Å²) in [6.07, 6.45) is 3.70. The Hall–Kier alpha value is -2.28. The van der Waals surface area contributed by atoms with Crippen LogP contribution < -0.4 is 10.5 Å². The van der Waals surface area contributed by atoms with Crippen molar-refractivity contribution in [1.29, 1.82) is 0 Å². The Morgan fingerprint density at radius 3 is 2.47 bits per heavy atom. The summed E-state index contributed by atoms with van der Waals surface area (Å²) in [5, 5.41) is 9.77. The van der Waals surface area contributed by atoms with Gasteiger partial charge in [0.1, 0.15) is 24.0 Å². The van der Waals surface area contributed by atoms with Crippen molar-refractivity contribution >= 4 is 34.9 Å². The molecule has 8 heteroatoms. The minimum atomic E-state index is 0.265. The average molecular weight is 472 g/mol. The van der Waals surface area contributed by atoms with Gasteiger partial charge in [0.15, 0.2) is 0 Å². The van der Waals surface area contributed by atoms with E-state index in [9.17, 15) is 0 Å². The number of hydrogen-bond donors (Lipinski definition) is 1. The molecule has 0 aromatic heterocycles. The molecule has 1 saturated heterocycles. The number of fused-ring (bicyclic) bond motifs is 1. The van der Waals surface area contributed by atoms with E-state index < -0.39 is 0 Å². The maximum absolute atomic E-state index is 6.32. The summed E-state index contributed by atoms with van der Waals surface area (Å²) in [6, 6.07) is 14.8. The Balaban J connectivity index is 1.34. The normalized spacial score (nSPS) is 22.1. The smallest absolute Gasteiger partial charge is 0.135 e. The van der Waals surface area contributed by atoms with Crippen LogP contribution in [0.25, 0.3) is 0 Å². The first kappa shape index (κ1) is 21.6. The quantitative estimate of drug-likeness (QED) is 0.722. The molecule has 32 heavy (non-hydrogen) atoms. The van der Waals surface area contributed by atoms with Crippen molar-refractivity contribution in [3.63, 3.8) is 0 Å². The molecule has 0 spiro atoms. The second-order valence-corrected chi connectivity index (χ2v) is 9.60. The molecule has 0 bridgehead atoms. The Labute approximate surface area is 198 Å². The molecule has 1 fully saturated rings. The highest BCUT2D eigenvalue weighted by atomic mass is 35.5. The number of nitrogens with two attached hydrogens (primary N) is 1. The molecule has 5 rings (SSSR count). The standard InChI is InChI=1S/C24H27Cl2N5O/c25-18-3-1-16(2-4-18)11-21-15-32-22-6-5-19(26)12-17(22)14-31(21)20-7-9-30(10-8-20)24-13-23(27)28-29-24/h1-6,12,20-21H,7-11,13-15H2,(H2,27,28). The van der Waals surface area contributed by atoms with Gasteiger partial charge in [0.05, 0.1) is 6.42 Å². The van der Waals surface area contributed by atoms with Crippen LogP contribution in [-0.2, 0) is 13.0 Å². The van der Waals surface area contributed by atoms with Gasteiger partial charge in [0, 0.05) is 47.3 Å². The number of nitrogens with zero attached hydrogens (tertiary/aromatic N) is 4. The Morgan fingerprint density at radius 1 is 1.00 bits per heavy atom. The molecule has 6 nitrogen and oxygen atoms in total. The molecule has 0 saturated carbocycles. The first-order valence-corrected chi connectivity index (χ1v) is 11.9. The third-order valence-electron chi connectivity index (χ3n) is 6.59. The van der Waals surface area contributed by atoms with E-state index in [0.29, 0.717) is 24.9 Å². The van der Waals surface area contributed by atoms with E-state index in [4.69, 9.17) is 33.7 Å². The van der Waals surface area contributed by atoms with Gasteiger partial charge in [-0.05, 0) is 55.2 Å². The number of hydrogen-bond acceptors (Lipinski definition) is 6. The Morgan fingerprint density at radius 2 is 1.75 bits per heavy atom. The number of halogens is 2. The van der Waals surface area contributed by atoms with Gasteiger partial charge in [-0.25, -0.2) is 0 Å². The second-order valence-electron chi connectivity index (χ2n) is 8.72. The number of piperidine rings is 1. The molecule has 0 amide bonds. The first-order valence-electron chi connectivity index (χ1n) is 11.1. The van der Waals surface area contributed by atoms with E-state index in [1.54, 1.807) is 0 Å². The zero-order valence-corrected chi connectivity index (χ0v) is 19.4. The van der Waals surface area contributed by atoms with Crippen LogP contribution in [0.4, 0.5) is 0 Å². The molecule has 168 valence electrons. The van der Waals surface area contributed by atoms with E-state index in [1.807, 2.05) is 30.3 Å². The highest BCUT2D eigenvalue weighted by Crippen LogP contribution is 2.32. The monoisotopic (exact) mass is 471 g/mol. The summed E-state index contributed by atoms with van der Waals surface area (Å²) in [5.74, 6) is 2.53. The van der Waals surface area contributed by atoms with Crippen molar-refractivity contribution in [2.75, 3.05) is 19.7 Å². The molecule has 1 unspecified atom stereocenters. The van der Waals surface area contributed by atoms with Crippen molar-refractivity contribution in [2.45, 2.75) is 44.3 Å². The summed E-state index contributed by atoms with van der Waals surface area (Å²) >= 11 is 12.4. The zero-order chi connectivity index (χ0) is 22.1. The number of amidine groups is 2. The van der Waals surface area contributed by atoms with Crippen molar-refractivity contribution in [3.05, 3.63) is 63.6 Å². The molecule has 3 aliphatic heterocycles. The molecule has 2 aromatic rings. The van der Waals surface area contributed by atoms with E-state index in [0.717, 1.165) is 66.1 Å². The fourth-order valence-electron chi connectivity index (χ4n) is 4.90. The molecule has 2 aromatic carbocycles. The lowest BCUT2D eigenvalue weighted by atomic mass is 9.97. The van der Waals surface area contributed by atoms with E-state index in [1.165, 1.54) is 5.56 Å². The van der Waals surface area contributed by atoms with Gasteiger partial charge in [0.25, 0.3) is 0 Å². The third-order valence-corrected chi connectivity index (χ3v) is 7.08. The van der Waals surface area contributed by atoms with Gasteiger partial charge in [-0.3, -0.25) is 4.90 Å². The van der Waals surface area contributed by atoms with E-state index in [2.05, 4.69) is 32.1 Å². The van der Waals surface area contributed by atoms with Gasteiger partial charge in [-0.15, -0.1) is 10.2 Å². The fourth-order valence-corrected chi connectivity index (χ4v) is 5.22.